The molecule has 1 aromatic carbocycles. The van der Waals surface area contributed by atoms with E-state index in [2.05, 4.69) is 6.92 Å². The number of carbonyl (C=O) groups is 2. The number of esters is 2. The van der Waals surface area contributed by atoms with Crippen molar-refractivity contribution in [2.75, 3.05) is 0 Å². The van der Waals surface area contributed by atoms with Crippen LogP contribution in [0, 0.1) is 0 Å². The van der Waals surface area contributed by atoms with Crippen molar-refractivity contribution in [1.82, 2.24) is 0 Å². The normalized spacial score (nSPS) is 16.5. The van der Waals surface area contributed by atoms with E-state index < -0.39 is 24.3 Å². The first kappa shape index (κ1) is 16.5. The van der Waals surface area contributed by atoms with E-state index in [0.717, 1.165) is 25.7 Å². The highest BCUT2D eigenvalue weighted by Gasteiger charge is 2.33. The molecule has 0 aliphatic carbocycles. The second-order valence-corrected chi connectivity index (χ2v) is 5.49. The number of unbranched alkanes of at least 4 members (excludes halogenated alkanes) is 4. The molecule has 1 unspecified atom stereocenters. The SMILES string of the molecule is CCCCCCCC(O)C1OC(=O)c2ccccc2C(=O)O1. The summed E-state index contributed by atoms with van der Waals surface area (Å²) in [7, 11) is 0. The minimum Gasteiger partial charge on any atom is -0.419 e. The Kier molecular flexibility index (Phi) is 5.95. The van der Waals surface area contributed by atoms with Gasteiger partial charge in [0, 0.05) is 0 Å². The summed E-state index contributed by atoms with van der Waals surface area (Å²) in [6.07, 6.45) is 3.43. The highest BCUT2D eigenvalue weighted by Crippen LogP contribution is 2.21. The largest absolute Gasteiger partial charge is 0.419 e. The van der Waals surface area contributed by atoms with E-state index >= 15 is 0 Å². The first-order chi connectivity index (χ1) is 10.6. The van der Waals surface area contributed by atoms with Gasteiger partial charge in [0.1, 0.15) is 6.10 Å². The minimum atomic E-state index is -1.24. The highest BCUT2D eigenvalue weighted by atomic mass is 16.7. The summed E-state index contributed by atoms with van der Waals surface area (Å²) in [6, 6.07) is 6.33. The molecular weight excluding hydrogens is 284 g/mol. The average Bonchev–Trinajstić information content (AvgIpc) is 2.65. The average molecular weight is 306 g/mol. The first-order valence-electron chi connectivity index (χ1n) is 7.82. The van der Waals surface area contributed by atoms with Crippen LogP contribution in [0.2, 0.25) is 0 Å². The summed E-state index contributed by atoms with van der Waals surface area (Å²) in [4.78, 5) is 24.0. The standard InChI is InChI=1S/C17H22O5/c1-2-3-4-5-6-11-14(18)17-21-15(19)12-9-7-8-10-13(12)16(20)22-17/h7-10,14,17-18H,2-6,11H2,1H3. The van der Waals surface area contributed by atoms with Gasteiger partial charge in [-0.1, -0.05) is 51.2 Å². The molecule has 5 nitrogen and oxygen atoms in total. The molecule has 120 valence electrons. The zero-order chi connectivity index (χ0) is 15.9. The van der Waals surface area contributed by atoms with Crippen LogP contribution in [-0.2, 0) is 9.47 Å². The molecule has 0 spiro atoms. The van der Waals surface area contributed by atoms with Gasteiger partial charge in [0.15, 0.2) is 0 Å². The monoisotopic (exact) mass is 306 g/mol. The number of fused-ring (bicyclic) bond motifs is 1. The molecule has 0 radical (unpaired) electrons. The second kappa shape index (κ2) is 7.94. The molecule has 1 atom stereocenters. The van der Waals surface area contributed by atoms with Crippen molar-refractivity contribution < 1.29 is 24.2 Å². The molecule has 0 aromatic heterocycles. The van der Waals surface area contributed by atoms with Crippen molar-refractivity contribution in [3.05, 3.63) is 35.4 Å². The Hall–Kier alpha value is -1.88. The van der Waals surface area contributed by atoms with Crippen LogP contribution >= 0.6 is 0 Å². The number of carbonyl (C=O) groups excluding carboxylic acids is 2. The van der Waals surface area contributed by atoms with Gasteiger partial charge < -0.3 is 14.6 Å². The fourth-order valence-electron chi connectivity index (χ4n) is 2.45. The van der Waals surface area contributed by atoms with Crippen LogP contribution in [0.3, 0.4) is 0 Å². The van der Waals surface area contributed by atoms with E-state index in [9.17, 15) is 14.7 Å². The topological polar surface area (TPSA) is 72.8 Å². The lowest BCUT2D eigenvalue weighted by atomic mass is 10.1. The number of hydrogen-bond acceptors (Lipinski definition) is 5. The van der Waals surface area contributed by atoms with Crippen molar-refractivity contribution in [3.63, 3.8) is 0 Å². The maximum Gasteiger partial charge on any atom is 0.342 e. The van der Waals surface area contributed by atoms with Gasteiger partial charge in [0.05, 0.1) is 11.1 Å². The third-order valence-corrected chi connectivity index (χ3v) is 3.73. The van der Waals surface area contributed by atoms with Gasteiger partial charge in [-0.05, 0) is 18.6 Å². The van der Waals surface area contributed by atoms with E-state index in [1.54, 1.807) is 12.1 Å². The Labute approximate surface area is 130 Å². The quantitative estimate of drug-likeness (QED) is 0.619. The molecule has 1 heterocycles. The summed E-state index contributed by atoms with van der Waals surface area (Å²) in [5.74, 6) is -1.28. The summed E-state index contributed by atoms with van der Waals surface area (Å²) in [5, 5.41) is 10.1. The van der Waals surface area contributed by atoms with Gasteiger partial charge >= 0.3 is 11.9 Å². The number of aliphatic hydroxyl groups excluding tert-OH is 1. The summed E-state index contributed by atoms with van der Waals surface area (Å²) in [6.45, 7) is 2.14. The minimum absolute atomic E-state index is 0.171. The van der Waals surface area contributed by atoms with Crippen molar-refractivity contribution in [3.8, 4) is 0 Å². The molecule has 1 aliphatic heterocycles. The van der Waals surface area contributed by atoms with Gasteiger partial charge in [0.2, 0.25) is 0 Å². The van der Waals surface area contributed by atoms with Crippen molar-refractivity contribution in [2.24, 2.45) is 0 Å². The Morgan fingerprint density at radius 1 is 1.00 bits per heavy atom. The smallest absolute Gasteiger partial charge is 0.342 e. The molecule has 0 amide bonds. The predicted octanol–water partition coefficient (Wildman–Crippen LogP) is 3.06. The fraction of sp³-hybridized carbons (Fsp3) is 0.529. The number of ether oxygens (including phenoxy) is 2. The highest BCUT2D eigenvalue weighted by molar-refractivity contribution is 6.04. The van der Waals surface area contributed by atoms with Crippen molar-refractivity contribution in [1.29, 1.82) is 0 Å². The third-order valence-electron chi connectivity index (χ3n) is 3.73. The van der Waals surface area contributed by atoms with Crippen LogP contribution in [-0.4, -0.2) is 29.4 Å². The van der Waals surface area contributed by atoms with Crippen LogP contribution in [0.5, 0.6) is 0 Å². The number of aliphatic hydroxyl groups is 1. The van der Waals surface area contributed by atoms with Gasteiger partial charge in [-0.25, -0.2) is 9.59 Å². The number of hydrogen-bond donors (Lipinski definition) is 1. The molecule has 0 saturated carbocycles. The molecule has 22 heavy (non-hydrogen) atoms. The van der Waals surface area contributed by atoms with E-state index in [0.29, 0.717) is 6.42 Å². The van der Waals surface area contributed by atoms with Gasteiger partial charge in [0.25, 0.3) is 6.29 Å². The lowest BCUT2D eigenvalue weighted by molar-refractivity contribution is -0.135. The van der Waals surface area contributed by atoms with Gasteiger partial charge in [-0.15, -0.1) is 0 Å². The van der Waals surface area contributed by atoms with Crippen LogP contribution < -0.4 is 0 Å². The number of benzene rings is 1. The van der Waals surface area contributed by atoms with Crippen molar-refractivity contribution in [2.45, 2.75) is 57.8 Å². The van der Waals surface area contributed by atoms with E-state index in [1.807, 2.05) is 0 Å². The summed E-state index contributed by atoms with van der Waals surface area (Å²) in [5.41, 5.74) is 0.343. The zero-order valence-corrected chi connectivity index (χ0v) is 12.8. The second-order valence-electron chi connectivity index (χ2n) is 5.49. The molecular formula is C17H22O5. The third kappa shape index (κ3) is 4.07. The van der Waals surface area contributed by atoms with Crippen molar-refractivity contribution >= 4 is 11.9 Å². The molecule has 0 bridgehead atoms. The summed E-state index contributed by atoms with van der Waals surface area (Å²) >= 11 is 0. The molecule has 2 rings (SSSR count). The van der Waals surface area contributed by atoms with Crippen LogP contribution in [0.4, 0.5) is 0 Å². The Bertz CT molecular complexity index is 489. The van der Waals surface area contributed by atoms with Gasteiger partial charge in [-0.3, -0.25) is 0 Å². The molecule has 0 fully saturated rings. The Balaban J connectivity index is 1.94. The Morgan fingerprint density at radius 3 is 2.09 bits per heavy atom. The number of rotatable bonds is 7. The lowest BCUT2D eigenvalue weighted by Gasteiger charge is -2.20. The molecule has 1 aromatic rings. The molecule has 5 heteroatoms. The zero-order valence-electron chi connectivity index (χ0n) is 12.8. The van der Waals surface area contributed by atoms with E-state index in [4.69, 9.17) is 9.47 Å². The predicted molar refractivity (Wildman–Crippen MR) is 80.4 cm³/mol. The fourth-order valence-corrected chi connectivity index (χ4v) is 2.45. The van der Waals surface area contributed by atoms with E-state index in [1.165, 1.54) is 18.6 Å². The lowest BCUT2D eigenvalue weighted by Crippen LogP contribution is -2.33. The first-order valence-corrected chi connectivity index (χ1v) is 7.82. The van der Waals surface area contributed by atoms with Gasteiger partial charge in [-0.2, -0.15) is 0 Å². The van der Waals surface area contributed by atoms with E-state index in [-0.39, 0.29) is 11.1 Å². The van der Waals surface area contributed by atoms with Crippen LogP contribution in [0.25, 0.3) is 0 Å². The van der Waals surface area contributed by atoms with Crippen LogP contribution in [0.1, 0.15) is 66.2 Å². The summed E-state index contributed by atoms with van der Waals surface area (Å²) < 4.78 is 10.2. The van der Waals surface area contributed by atoms with Crippen LogP contribution in [0.15, 0.2) is 24.3 Å². The molecule has 1 N–H and O–H groups in total. The number of cyclic esters (lactones) is 2. The Morgan fingerprint density at radius 2 is 1.55 bits per heavy atom. The molecule has 0 saturated heterocycles. The maximum atomic E-state index is 12.0. The molecule has 1 aliphatic rings. The maximum absolute atomic E-state index is 12.0.